The van der Waals surface area contributed by atoms with E-state index in [2.05, 4.69) is 10.6 Å². The monoisotopic (exact) mass is 322 g/mol. The summed E-state index contributed by atoms with van der Waals surface area (Å²) in [5.74, 6) is -1.59. The second kappa shape index (κ2) is 9.58. The van der Waals surface area contributed by atoms with Gasteiger partial charge in [-0.2, -0.15) is 0 Å². The van der Waals surface area contributed by atoms with E-state index in [4.69, 9.17) is 9.84 Å². The van der Waals surface area contributed by atoms with Crippen LogP contribution in [0.4, 0.5) is 5.69 Å². The van der Waals surface area contributed by atoms with E-state index in [-0.39, 0.29) is 30.8 Å². The Bertz CT molecular complexity index is 540. The summed E-state index contributed by atoms with van der Waals surface area (Å²) in [5, 5.41) is 13.5. The number of carbonyl (C=O) groups is 3. The van der Waals surface area contributed by atoms with Gasteiger partial charge < -0.3 is 20.5 Å². The summed E-state index contributed by atoms with van der Waals surface area (Å²) in [6, 6.07) is 6.81. The van der Waals surface area contributed by atoms with Gasteiger partial charge >= 0.3 is 5.97 Å². The van der Waals surface area contributed by atoms with Gasteiger partial charge in [0, 0.05) is 5.69 Å². The highest BCUT2D eigenvalue weighted by atomic mass is 16.5. The van der Waals surface area contributed by atoms with Gasteiger partial charge in [0.05, 0.1) is 25.6 Å². The van der Waals surface area contributed by atoms with E-state index in [0.29, 0.717) is 12.3 Å². The fraction of sp³-hybridized carbons (Fsp3) is 0.438. The third-order valence-electron chi connectivity index (χ3n) is 2.82. The van der Waals surface area contributed by atoms with Crippen molar-refractivity contribution >= 4 is 23.5 Å². The molecule has 7 nitrogen and oxygen atoms in total. The molecule has 0 atom stereocenters. The van der Waals surface area contributed by atoms with Gasteiger partial charge in [-0.15, -0.1) is 0 Å². The Hall–Kier alpha value is -2.41. The van der Waals surface area contributed by atoms with Gasteiger partial charge in [-0.3, -0.25) is 14.4 Å². The maximum absolute atomic E-state index is 11.7. The molecule has 2 amide bonds. The quantitative estimate of drug-likeness (QED) is 0.633. The molecular formula is C16H22N2O5. The summed E-state index contributed by atoms with van der Waals surface area (Å²) in [6.07, 6.45) is 0.454. The summed E-state index contributed by atoms with van der Waals surface area (Å²) >= 11 is 0. The second-order valence-corrected chi connectivity index (χ2v) is 5.26. The summed E-state index contributed by atoms with van der Waals surface area (Å²) in [4.78, 5) is 33.5. The number of anilines is 1. The van der Waals surface area contributed by atoms with Gasteiger partial charge in [0.2, 0.25) is 11.8 Å². The number of rotatable bonds is 9. The molecule has 126 valence electrons. The Morgan fingerprint density at radius 2 is 1.78 bits per heavy atom. The first-order valence-electron chi connectivity index (χ1n) is 7.35. The van der Waals surface area contributed by atoms with Gasteiger partial charge in [0.25, 0.3) is 0 Å². The van der Waals surface area contributed by atoms with Crippen molar-refractivity contribution in [2.45, 2.75) is 32.8 Å². The number of carbonyl (C=O) groups excluding carboxylic acids is 2. The summed E-state index contributed by atoms with van der Waals surface area (Å²) < 4.78 is 5.31. The van der Waals surface area contributed by atoms with E-state index in [9.17, 15) is 14.4 Å². The maximum Gasteiger partial charge on any atom is 0.322 e. The SMILES string of the molecule is CC(C)OCCC(=O)Nc1ccc(CC(=O)NCC(=O)O)cc1. The number of ether oxygens (including phenoxy) is 1. The van der Waals surface area contributed by atoms with E-state index >= 15 is 0 Å². The lowest BCUT2D eigenvalue weighted by Gasteiger charge is -2.09. The highest BCUT2D eigenvalue weighted by Gasteiger charge is 2.07. The van der Waals surface area contributed by atoms with Crippen LogP contribution in [-0.2, 0) is 25.5 Å². The zero-order valence-electron chi connectivity index (χ0n) is 13.3. The molecule has 0 heterocycles. The highest BCUT2D eigenvalue weighted by molar-refractivity contribution is 5.90. The van der Waals surface area contributed by atoms with Gasteiger partial charge in [0.1, 0.15) is 6.54 Å². The molecule has 0 saturated heterocycles. The van der Waals surface area contributed by atoms with Gasteiger partial charge in [-0.1, -0.05) is 12.1 Å². The molecule has 1 rings (SSSR count). The van der Waals surface area contributed by atoms with Crippen LogP contribution >= 0.6 is 0 Å². The average Bonchev–Trinajstić information content (AvgIpc) is 2.47. The minimum Gasteiger partial charge on any atom is -0.480 e. The van der Waals surface area contributed by atoms with Crippen molar-refractivity contribution in [3.8, 4) is 0 Å². The molecule has 23 heavy (non-hydrogen) atoms. The molecular weight excluding hydrogens is 300 g/mol. The van der Waals surface area contributed by atoms with Crippen molar-refractivity contribution in [2.75, 3.05) is 18.5 Å². The van der Waals surface area contributed by atoms with Crippen LogP contribution in [0.1, 0.15) is 25.8 Å². The number of hydrogen-bond acceptors (Lipinski definition) is 4. The lowest BCUT2D eigenvalue weighted by molar-refractivity contribution is -0.137. The predicted molar refractivity (Wildman–Crippen MR) is 85.1 cm³/mol. The van der Waals surface area contributed by atoms with E-state index in [1.54, 1.807) is 24.3 Å². The molecule has 1 aromatic carbocycles. The van der Waals surface area contributed by atoms with E-state index in [0.717, 1.165) is 5.56 Å². The summed E-state index contributed by atoms with van der Waals surface area (Å²) in [7, 11) is 0. The Morgan fingerprint density at radius 3 is 2.35 bits per heavy atom. The number of carboxylic acid groups (broad SMARTS) is 1. The van der Waals surface area contributed by atoms with Crippen LogP contribution in [0.25, 0.3) is 0 Å². The molecule has 3 N–H and O–H groups in total. The molecule has 0 aliphatic rings. The molecule has 1 aromatic rings. The van der Waals surface area contributed by atoms with Crippen molar-refractivity contribution < 1.29 is 24.2 Å². The van der Waals surface area contributed by atoms with Crippen LogP contribution in [0, 0.1) is 0 Å². The van der Waals surface area contributed by atoms with E-state index < -0.39 is 12.5 Å². The first-order chi connectivity index (χ1) is 10.9. The standard InChI is InChI=1S/C16H22N2O5/c1-11(2)23-8-7-14(19)18-13-5-3-12(4-6-13)9-15(20)17-10-16(21)22/h3-6,11H,7-10H2,1-2H3,(H,17,20)(H,18,19)(H,21,22). The van der Waals surface area contributed by atoms with Crippen LogP contribution in [0.15, 0.2) is 24.3 Å². The van der Waals surface area contributed by atoms with Crippen LogP contribution in [0.2, 0.25) is 0 Å². The van der Waals surface area contributed by atoms with Crippen LogP contribution in [0.3, 0.4) is 0 Å². The third-order valence-corrected chi connectivity index (χ3v) is 2.82. The Morgan fingerprint density at radius 1 is 1.13 bits per heavy atom. The molecule has 0 saturated carbocycles. The van der Waals surface area contributed by atoms with Crippen molar-refractivity contribution in [1.82, 2.24) is 5.32 Å². The van der Waals surface area contributed by atoms with Crippen LogP contribution in [0.5, 0.6) is 0 Å². The summed E-state index contributed by atoms with van der Waals surface area (Å²) in [6.45, 7) is 3.78. The van der Waals surface area contributed by atoms with Crippen molar-refractivity contribution in [2.24, 2.45) is 0 Å². The first kappa shape index (κ1) is 18.6. The van der Waals surface area contributed by atoms with Crippen molar-refractivity contribution in [1.29, 1.82) is 0 Å². The molecule has 0 radical (unpaired) electrons. The third kappa shape index (κ3) is 8.57. The van der Waals surface area contributed by atoms with E-state index in [1.807, 2.05) is 13.8 Å². The molecule has 0 spiro atoms. The zero-order chi connectivity index (χ0) is 17.2. The lowest BCUT2D eigenvalue weighted by atomic mass is 10.1. The molecule has 7 heteroatoms. The smallest absolute Gasteiger partial charge is 0.322 e. The predicted octanol–water partition coefficient (Wildman–Crippen LogP) is 1.18. The fourth-order valence-electron chi connectivity index (χ4n) is 1.74. The molecule has 0 unspecified atom stereocenters. The van der Waals surface area contributed by atoms with E-state index in [1.165, 1.54) is 0 Å². The van der Waals surface area contributed by atoms with Crippen LogP contribution < -0.4 is 10.6 Å². The maximum atomic E-state index is 11.7. The number of amides is 2. The average molecular weight is 322 g/mol. The minimum atomic E-state index is -1.09. The van der Waals surface area contributed by atoms with Crippen molar-refractivity contribution in [3.05, 3.63) is 29.8 Å². The largest absolute Gasteiger partial charge is 0.480 e. The Labute approximate surface area is 135 Å². The van der Waals surface area contributed by atoms with Crippen LogP contribution in [-0.4, -0.2) is 42.1 Å². The number of hydrogen-bond donors (Lipinski definition) is 3. The van der Waals surface area contributed by atoms with Gasteiger partial charge in [-0.05, 0) is 31.5 Å². The normalized spacial score (nSPS) is 10.4. The van der Waals surface area contributed by atoms with Crippen molar-refractivity contribution in [3.63, 3.8) is 0 Å². The Balaban J connectivity index is 2.39. The van der Waals surface area contributed by atoms with Gasteiger partial charge in [-0.25, -0.2) is 0 Å². The lowest BCUT2D eigenvalue weighted by Crippen LogP contribution is -2.30. The minimum absolute atomic E-state index is 0.0870. The first-order valence-corrected chi connectivity index (χ1v) is 7.35. The topological polar surface area (TPSA) is 105 Å². The number of aliphatic carboxylic acids is 1. The summed E-state index contributed by atoms with van der Waals surface area (Å²) in [5.41, 5.74) is 1.36. The second-order valence-electron chi connectivity index (χ2n) is 5.26. The number of benzene rings is 1. The molecule has 0 bridgehead atoms. The Kier molecular flexibility index (Phi) is 7.76. The molecule has 0 aliphatic heterocycles. The molecule has 0 aromatic heterocycles. The molecule has 0 fully saturated rings. The number of nitrogens with one attached hydrogen (secondary N) is 2. The molecule has 0 aliphatic carbocycles. The highest BCUT2D eigenvalue weighted by Crippen LogP contribution is 2.10. The zero-order valence-corrected chi connectivity index (χ0v) is 13.3. The fourth-order valence-corrected chi connectivity index (χ4v) is 1.74. The van der Waals surface area contributed by atoms with Gasteiger partial charge in [0.15, 0.2) is 0 Å². The number of carboxylic acids is 1.